The minimum Gasteiger partial charge on any atom is -0.387 e. The smallest absolute Gasteiger partial charge is 0.332 e. The van der Waals surface area contributed by atoms with Gasteiger partial charge in [-0.15, -0.1) is 0 Å². The van der Waals surface area contributed by atoms with Crippen LogP contribution in [0.15, 0.2) is 39.9 Å². The lowest BCUT2D eigenvalue weighted by Gasteiger charge is -2.22. The lowest BCUT2D eigenvalue weighted by Crippen LogP contribution is -2.37. The molecule has 2 atom stereocenters. The van der Waals surface area contributed by atoms with Crippen molar-refractivity contribution in [2.75, 3.05) is 24.5 Å². The lowest BCUT2D eigenvalue weighted by molar-refractivity contribution is 0.136. The molecule has 3 aromatic rings. The number of aliphatic hydroxyl groups is 1. The SMILES string of the molecule is CCN(CC)c1nc2c(c(=O)n(C)c(=O)n2C)n1CCCNC(C)C(O)c1ccccc1. The molecule has 2 unspecified atom stereocenters. The van der Waals surface area contributed by atoms with Gasteiger partial charge in [-0.2, -0.15) is 4.98 Å². The van der Waals surface area contributed by atoms with Crippen LogP contribution in [-0.4, -0.2) is 49.5 Å². The summed E-state index contributed by atoms with van der Waals surface area (Å²) in [6.45, 7) is 8.75. The molecule has 0 aliphatic heterocycles. The molecule has 2 heterocycles. The van der Waals surface area contributed by atoms with Crippen LogP contribution >= 0.6 is 0 Å². The average Bonchev–Trinajstić information content (AvgIpc) is 3.19. The Morgan fingerprint density at radius 1 is 1.09 bits per heavy atom. The second-order valence-electron chi connectivity index (χ2n) is 8.07. The zero-order valence-corrected chi connectivity index (χ0v) is 19.6. The number of hydrogen-bond acceptors (Lipinski definition) is 6. The van der Waals surface area contributed by atoms with Gasteiger partial charge in [0.25, 0.3) is 5.56 Å². The quantitative estimate of drug-likeness (QED) is 0.461. The van der Waals surface area contributed by atoms with Crippen molar-refractivity contribution in [2.24, 2.45) is 14.1 Å². The monoisotopic (exact) mass is 442 g/mol. The van der Waals surface area contributed by atoms with E-state index in [0.29, 0.717) is 30.2 Å². The third-order valence-corrected chi connectivity index (χ3v) is 6.01. The van der Waals surface area contributed by atoms with Crippen molar-refractivity contribution in [1.82, 2.24) is 24.0 Å². The number of aryl methyl sites for hydroxylation is 2. The molecule has 3 rings (SSSR count). The standard InChI is InChI=1S/C23H34N6O3/c1-6-28(7-2)22-25-20-18(21(31)27(5)23(32)26(20)4)29(22)15-11-14-24-16(3)19(30)17-12-9-8-10-13-17/h8-10,12-13,16,19,24,30H,6-7,11,14-15H2,1-5H3. The van der Waals surface area contributed by atoms with Gasteiger partial charge in [0.2, 0.25) is 5.95 Å². The molecule has 0 saturated heterocycles. The van der Waals surface area contributed by atoms with E-state index in [2.05, 4.69) is 15.2 Å². The molecule has 0 bridgehead atoms. The first-order chi connectivity index (χ1) is 15.3. The minimum absolute atomic E-state index is 0.118. The van der Waals surface area contributed by atoms with E-state index in [1.807, 2.05) is 55.7 Å². The molecular weight excluding hydrogens is 408 g/mol. The van der Waals surface area contributed by atoms with Gasteiger partial charge in [0.15, 0.2) is 11.2 Å². The molecule has 2 N–H and O–H groups in total. The van der Waals surface area contributed by atoms with E-state index in [-0.39, 0.29) is 17.3 Å². The number of nitrogens with one attached hydrogen (secondary N) is 1. The van der Waals surface area contributed by atoms with Crippen molar-refractivity contribution in [1.29, 1.82) is 0 Å². The Balaban J connectivity index is 1.82. The maximum absolute atomic E-state index is 12.9. The highest BCUT2D eigenvalue weighted by Crippen LogP contribution is 2.20. The third kappa shape index (κ3) is 4.49. The first-order valence-electron chi connectivity index (χ1n) is 11.2. The minimum atomic E-state index is -0.599. The van der Waals surface area contributed by atoms with Crippen LogP contribution in [-0.2, 0) is 20.6 Å². The van der Waals surface area contributed by atoms with E-state index in [4.69, 9.17) is 0 Å². The summed E-state index contributed by atoms with van der Waals surface area (Å²) >= 11 is 0. The normalized spacial score (nSPS) is 13.4. The number of fused-ring (bicyclic) bond motifs is 1. The second-order valence-corrected chi connectivity index (χ2v) is 8.07. The van der Waals surface area contributed by atoms with Gasteiger partial charge in [-0.05, 0) is 39.3 Å². The Morgan fingerprint density at radius 2 is 1.75 bits per heavy atom. The summed E-state index contributed by atoms with van der Waals surface area (Å²) in [4.78, 5) is 32.1. The fourth-order valence-corrected chi connectivity index (χ4v) is 4.01. The van der Waals surface area contributed by atoms with Crippen LogP contribution in [0.3, 0.4) is 0 Å². The summed E-state index contributed by atoms with van der Waals surface area (Å²) in [5.41, 5.74) is 0.995. The zero-order chi connectivity index (χ0) is 23.4. The van der Waals surface area contributed by atoms with Gasteiger partial charge < -0.3 is 19.9 Å². The number of hydrogen-bond donors (Lipinski definition) is 2. The Morgan fingerprint density at radius 3 is 2.38 bits per heavy atom. The number of rotatable bonds is 10. The van der Waals surface area contributed by atoms with Crippen molar-refractivity contribution in [2.45, 2.75) is 45.9 Å². The van der Waals surface area contributed by atoms with Gasteiger partial charge in [0, 0.05) is 39.8 Å². The first kappa shape index (κ1) is 23.7. The van der Waals surface area contributed by atoms with Crippen molar-refractivity contribution in [3.63, 3.8) is 0 Å². The topological polar surface area (TPSA) is 97.3 Å². The molecule has 0 aliphatic rings. The molecule has 174 valence electrons. The van der Waals surface area contributed by atoms with Crippen LogP contribution in [0.4, 0.5) is 5.95 Å². The lowest BCUT2D eigenvalue weighted by atomic mass is 10.0. The van der Waals surface area contributed by atoms with Gasteiger partial charge in [-0.1, -0.05) is 30.3 Å². The van der Waals surface area contributed by atoms with Crippen LogP contribution in [0.25, 0.3) is 11.2 Å². The summed E-state index contributed by atoms with van der Waals surface area (Å²) in [5.74, 6) is 0.695. The molecule has 0 radical (unpaired) electrons. The second kappa shape index (κ2) is 10.1. The van der Waals surface area contributed by atoms with Gasteiger partial charge in [0.05, 0.1) is 6.10 Å². The summed E-state index contributed by atoms with van der Waals surface area (Å²) < 4.78 is 4.48. The van der Waals surface area contributed by atoms with Crippen molar-refractivity contribution in [3.8, 4) is 0 Å². The van der Waals surface area contributed by atoms with Crippen molar-refractivity contribution in [3.05, 3.63) is 56.7 Å². The molecule has 0 aliphatic carbocycles. The Labute approximate surface area is 187 Å². The van der Waals surface area contributed by atoms with Gasteiger partial charge >= 0.3 is 5.69 Å². The maximum atomic E-state index is 12.9. The summed E-state index contributed by atoms with van der Waals surface area (Å²) in [7, 11) is 3.13. The van der Waals surface area contributed by atoms with E-state index in [1.165, 1.54) is 11.6 Å². The molecular formula is C23H34N6O3. The molecule has 0 fully saturated rings. The number of anilines is 1. The van der Waals surface area contributed by atoms with E-state index in [9.17, 15) is 14.7 Å². The van der Waals surface area contributed by atoms with Crippen LogP contribution in [0.5, 0.6) is 0 Å². The predicted octanol–water partition coefficient (Wildman–Crippen LogP) is 1.38. The number of nitrogens with zero attached hydrogens (tertiary/aromatic N) is 5. The molecule has 0 spiro atoms. The highest BCUT2D eigenvalue weighted by molar-refractivity contribution is 5.74. The first-order valence-corrected chi connectivity index (χ1v) is 11.2. The maximum Gasteiger partial charge on any atom is 0.332 e. The molecule has 32 heavy (non-hydrogen) atoms. The van der Waals surface area contributed by atoms with Crippen LogP contribution in [0.1, 0.15) is 38.9 Å². The summed E-state index contributed by atoms with van der Waals surface area (Å²) in [6, 6.07) is 9.47. The fourth-order valence-electron chi connectivity index (χ4n) is 4.01. The van der Waals surface area contributed by atoms with Crippen LogP contribution < -0.4 is 21.5 Å². The predicted molar refractivity (Wildman–Crippen MR) is 127 cm³/mol. The largest absolute Gasteiger partial charge is 0.387 e. The summed E-state index contributed by atoms with van der Waals surface area (Å²) in [5, 5.41) is 13.9. The van der Waals surface area contributed by atoms with E-state index in [1.54, 1.807) is 7.05 Å². The molecule has 0 saturated carbocycles. The molecule has 0 amide bonds. The number of aliphatic hydroxyl groups excluding tert-OH is 1. The van der Waals surface area contributed by atoms with E-state index in [0.717, 1.165) is 29.6 Å². The molecule has 1 aromatic carbocycles. The average molecular weight is 443 g/mol. The Kier molecular flexibility index (Phi) is 7.52. The van der Waals surface area contributed by atoms with Crippen molar-refractivity contribution < 1.29 is 5.11 Å². The zero-order valence-electron chi connectivity index (χ0n) is 19.6. The van der Waals surface area contributed by atoms with E-state index < -0.39 is 6.10 Å². The number of benzene rings is 1. The molecule has 9 heteroatoms. The number of aromatic nitrogens is 4. The van der Waals surface area contributed by atoms with E-state index >= 15 is 0 Å². The number of imidazole rings is 1. The fraction of sp³-hybridized carbons (Fsp3) is 0.522. The molecule has 9 nitrogen and oxygen atoms in total. The molecule has 2 aromatic heterocycles. The third-order valence-electron chi connectivity index (χ3n) is 6.01. The van der Waals surface area contributed by atoms with Gasteiger partial charge in [-0.3, -0.25) is 13.9 Å². The highest BCUT2D eigenvalue weighted by Gasteiger charge is 2.21. The van der Waals surface area contributed by atoms with Gasteiger partial charge in [0.1, 0.15) is 0 Å². The Hall–Kier alpha value is -2.91. The van der Waals surface area contributed by atoms with Crippen LogP contribution in [0.2, 0.25) is 0 Å². The Bertz CT molecular complexity index is 1160. The summed E-state index contributed by atoms with van der Waals surface area (Å²) in [6.07, 6.45) is 0.135. The van der Waals surface area contributed by atoms with Crippen molar-refractivity contribution >= 4 is 17.1 Å². The highest BCUT2D eigenvalue weighted by atomic mass is 16.3. The van der Waals surface area contributed by atoms with Gasteiger partial charge in [-0.25, -0.2) is 4.79 Å². The van der Waals surface area contributed by atoms with Crippen LogP contribution in [0, 0.1) is 0 Å².